The van der Waals surface area contributed by atoms with E-state index in [4.69, 9.17) is 9.15 Å². The number of likely N-dealkylation sites (tertiary alicyclic amines) is 2. The second-order valence-corrected chi connectivity index (χ2v) is 7.29. The summed E-state index contributed by atoms with van der Waals surface area (Å²) in [5, 5.41) is 0. The Bertz CT molecular complexity index is 654. The van der Waals surface area contributed by atoms with Gasteiger partial charge in [0.25, 0.3) is 5.91 Å². The molecule has 0 N–H and O–H groups in total. The van der Waals surface area contributed by atoms with Crippen LogP contribution >= 0.6 is 0 Å². The lowest BCUT2D eigenvalue weighted by atomic mass is 9.79. The van der Waals surface area contributed by atoms with Crippen molar-refractivity contribution in [3.63, 3.8) is 0 Å². The molecule has 138 valence electrons. The van der Waals surface area contributed by atoms with Crippen molar-refractivity contribution in [2.75, 3.05) is 39.9 Å². The van der Waals surface area contributed by atoms with Crippen LogP contribution in [0.5, 0.6) is 0 Å². The molecule has 2 aliphatic rings. The average Bonchev–Trinajstić information content (AvgIpc) is 2.98. The third-order valence-corrected chi connectivity index (χ3v) is 5.67. The molecule has 1 aromatic heterocycles. The van der Waals surface area contributed by atoms with E-state index in [1.807, 2.05) is 29.7 Å². The van der Waals surface area contributed by atoms with Gasteiger partial charge in [0, 0.05) is 33.3 Å². The summed E-state index contributed by atoms with van der Waals surface area (Å²) in [7, 11) is 1.66. The first-order valence-electron chi connectivity index (χ1n) is 9.11. The summed E-state index contributed by atoms with van der Waals surface area (Å²) in [5.41, 5.74) is 0.359. The fourth-order valence-electron chi connectivity index (χ4n) is 4.18. The van der Waals surface area contributed by atoms with Crippen molar-refractivity contribution in [3.8, 4) is 0 Å². The van der Waals surface area contributed by atoms with Crippen LogP contribution in [0.1, 0.15) is 47.6 Å². The zero-order chi connectivity index (χ0) is 18.0. The topological polar surface area (TPSA) is 63.0 Å². The van der Waals surface area contributed by atoms with Crippen LogP contribution in [0.3, 0.4) is 0 Å². The molecule has 0 bridgehead atoms. The molecule has 1 atom stereocenters. The van der Waals surface area contributed by atoms with Crippen LogP contribution in [-0.2, 0) is 9.53 Å². The first kappa shape index (κ1) is 18.0. The number of carbonyl (C=O) groups is 2. The maximum Gasteiger partial charge on any atom is 0.257 e. The minimum Gasteiger partial charge on any atom is -0.466 e. The Hall–Kier alpha value is -1.82. The van der Waals surface area contributed by atoms with E-state index >= 15 is 0 Å². The maximum atomic E-state index is 12.9. The highest BCUT2D eigenvalue weighted by molar-refractivity contribution is 5.95. The second kappa shape index (κ2) is 7.20. The number of methoxy groups -OCH3 is 1. The molecule has 3 rings (SSSR count). The lowest BCUT2D eigenvalue weighted by Gasteiger charge is -2.26. The van der Waals surface area contributed by atoms with Crippen molar-refractivity contribution in [2.45, 2.75) is 39.5 Å². The number of furan rings is 1. The number of carbonyl (C=O) groups excluding carboxylic acids is 2. The molecule has 6 heteroatoms. The Balaban J connectivity index is 1.67. The molecule has 2 fully saturated rings. The van der Waals surface area contributed by atoms with Gasteiger partial charge in [0.2, 0.25) is 5.91 Å². The molecular formula is C19H28N2O4. The predicted octanol–water partition coefficient (Wildman–Crippen LogP) is 2.39. The molecule has 0 saturated carbocycles. The zero-order valence-corrected chi connectivity index (χ0v) is 15.5. The SMILES string of the molecule is COCCN1CC[C@@]2(CCCN(C(=O)c3cc(C)oc3C)CC2)C1=O. The number of hydrogen-bond acceptors (Lipinski definition) is 4. The summed E-state index contributed by atoms with van der Waals surface area (Å²) in [5.74, 6) is 1.69. The molecule has 1 spiro atoms. The summed E-state index contributed by atoms with van der Waals surface area (Å²) >= 11 is 0. The smallest absolute Gasteiger partial charge is 0.257 e. The van der Waals surface area contributed by atoms with Crippen LogP contribution < -0.4 is 0 Å². The van der Waals surface area contributed by atoms with E-state index in [0.717, 1.165) is 38.0 Å². The predicted molar refractivity (Wildman–Crippen MR) is 93.4 cm³/mol. The average molecular weight is 348 g/mol. The van der Waals surface area contributed by atoms with Gasteiger partial charge in [-0.1, -0.05) is 0 Å². The fraction of sp³-hybridized carbons (Fsp3) is 0.684. The second-order valence-electron chi connectivity index (χ2n) is 7.29. The van der Waals surface area contributed by atoms with E-state index in [9.17, 15) is 9.59 Å². The fourth-order valence-corrected chi connectivity index (χ4v) is 4.18. The Labute approximate surface area is 149 Å². The van der Waals surface area contributed by atoms with Gasteiger partial charge < -0.3 is 19.0 Å². The summed E-state index contributed by atoms with van der Waals surface area (Å²) in [4.78, 5) is 29.5. The number of nitrogens with zero attached hydrogens (tertiary/aromatic N) is 2. The third-order valence-electron chi connectivity index (χ3n) is 5.67. The summed E-state index contributed by atoms with van der Waals surface area (Å²) in [6, 6.07) is 1.81. The molecule has 25 heavy (non-hydrogen) atoms. The van der Waals surface area contributed by atoms with E-state index in [1.54, 1.807) is 7.11 Å². The van der Waals surface area contributed by atoms with Crippen molar-refractivity contribution in [1.82, 2.24) is 9.80 Å². The number of hydrogen-bond donors (Lipinski definition) is 0. The van der Waals surface area contributed by atoms with Gasteiger partial charge in [-0.25, -0.2) is 0 Å². The molecule has 0 unspecified atom stereocenters. The van der Waals surface area contributed by atoms with Crippen LogP contribution in [0.25, 0.3) is 0 Å². The normalized spacial score (nSPS) is 24.2. The summed E-state index contributed by atoms with van der Waals surface area (Å²) in [6.45, 7) is 7.05. The monoisotopic (exact) mass is 348 g/mol. The number of rotatable bonds is 4. The highest BCUT2D eigenvalue weighted by Crippen LogP contribution is 2.41. The van der Waals surface area contributed by atoms with Gasteiger partial charge in [-0.15, -0.1) is 0 Å². The molecule has 2 saturated heterocycles. The van der Waals surface area contributed by atoms with Crippen molar-refractivity contribution < 1.29 is 18.7 Å². The Morgan fingerprint density at radius 2 is 2.00 bits per heavy atom. The highest BCUT2D eigenvalue weighted by Gasteiger charge is 2.47. The Morgan fingerprint density at radius 3 is 2.68 bits per heavy atom. The molecule has 0 aliphatic carbocycles. The van der Waals surface area contributed by atoms with Crippen molar-refractivity contribution in [1.29, 1.82) is 0 Å². The van der Waals surface area contributed by atoms with E-state index in [0.29, 0.717) is 37.6 Å². The van der Waals surface area contributed by atoms with Crippen molar-refractivity contribution in [3.05, 3.63) is 23.2 Å². The summed E-state index contributed by atoms with van der Waals surface area (Å²) in [6.07, 6.45) is 3.37. The van der Waals surface area contributed by atoms with Crippen LogP contribution in [0.4, 0.5) is 0 Å². The van der Waals surface area contributed by atoms with E-state index in [-0.39, 0.29) is 17.2 Å². The molecular weight excluding hydrogens is 320 g/mol. The molecule has 0 aromatic carbocycles. The number of aryl methyl sites for hydroxylation is 2. The van der Waals surface area contributed by atoms with Crippen LogP contribution in [0.2, 0.25) is 0 Å². The van der Waals surface area contributed by atoms with E-state index < -0.39 is 0 Å². The quantitative estimate of drug-likeness (QED) is 0.838. The van der Waals surface area contributed by atoms with E-state index in [2.05, 4.69) is 0 Å². The molecule has 6 nitrogen and oxygen atoms in total. The Morgan fingerprint density at radius 1 is 1.24 bits per heavy atom. The van der Waals surface area contributed by atoms with Crippen molar-refractivity contribution in [2.24, 2.45) is 5.41 Å². The van der Waals surface area contributed by atoms with Crippen molar-refractivity contribution >= 4 is 11.8 Å². The molecule has 1 aromatic rings. The van der Waals surface area contributed by atoms with E-state index in [1.165, 1.54) is 0 Å². The Kier molecular flexibility index (Phi) is 5.18. The highest BCUT2D eigenvalue weighted by atomic mass is 16.5. The number of ether oxygens (including phenoxy) is 1. The minimum atomic E-state index is -0.288. The standard InChI is InChI=1S/C19H28N2O4/c1-14-13-16(15(2)25-14)17(22)20-8-4-5-19(6-9-20)7-10-21(18(19)23)11-12-24-3/h13H,4-12H2,1-3H3/t19-/m0/s1. The van der Waals surface area contributed by atoms with Crippen LogP contribution in [-0.4, -0.2) is 61.5 Å². The van der Waals surface area contributed by atoms with Gasteiger partial charge in [0.1, 0.15) is 11.5 Å². The van der Waals surface area contributed by atoms with Gasteiger partial charge in [0.15, 0.2) is 0 Å². The lowest BCUT2D eigenvalue weighted by molar-refractivity contribution is -0.137. The van der Waals surface area contributed by atoms with Crippen LogP contribution in [0, 0.1) is 19.3 Å². The minimum absolute atomic E-state index is 0.0214. The van der Waals surface area contributed by atoms with Gasteiger partial charge in [-0.3, -0.25) is 9.59 Å². The molecule has 0 radical (unpaired) electrons. The van der Waals surface area contributed by atoms with Crippen LogP contribution in [0.15, 0.2) is 10.5 Å². The lowest BCUT2D eigenvalue weighted by Crippen LogP contribution is -2.37. The molecule has 2 amide bonds. The summed E-state index contributed by atoms with van der Waals surface area (Å²) < 4.78 is 10.6. The van der Waals surface area contributed by atoms with Gasteiger partial charge >= 0.3 is 0 Å². The van der Waals surface area contributed by atoms with Gasteiger partial charge in [-0.05, 0) is 45.6 Å². The number of amides is 2. The maximum absolute atomic E-state index is 12.9. The van der Waals surface area contributed by atoms with Gasteiger partial charge in [0.05, 0.1) is 17.6 Å². The molecule has 2 aliphatic heterocycles. The van der Waals surface area contributed by atoms with Gasteiger partial charge in [-0.2, -0.15) is 0 Å². The zero-order valence-electron chi connectivity index (χ0n) is 15.5. The third kappa shape index (κ3) is 3.45. The first-order chi connectivity index (χ1) is 12.0. The molecule has 3 heterocycles. The largest absolute Gasteiger partial charge is 0.466 e. The first-order valence-corrected chi connectivity index (χ1v) is 9.11.